The van der Waals surface area contributed by atoms with E-state index in [2.05, 4.69) is 65.8 Å². The number of guanidine groups is 1. The molecule has 4 heterocycles. The molecule has 3 aromatic rings. The first-order valence-corrected chi connectivity index (χ1v) is 9.29. The number of piperazine rings is 1. The maximum atomic E-state index is 4.69. The predicted molar refractivity (Wildman–Crippen MR) is 108 cm³/mol. The number of aliphatic imine (C=N–C) groups is 1. The summed E-state index contributed by atoms with van der Waals surface area (Å²) in [4.78, 5) is 18.2. The second kappa shape index (κ2) is 7.65. The molecule has 0 unspecified atom stereocenters. The third-order valence-electron chi connectivity index (χ3n) is 4.86. The molecule has 140 valence electrons. The number of nitrogens with one attached hydrogen (secondary N) is 1. The highest BCUT2D eigenvalue weighted by Crippen LogP contribution is 2.13. The standard InChI is InChI=1S/C20H25N7/c1-16-6-8-27-15-17(24-19(27)13-16)14-23-20(21-2)26-11-9-25(10-12-26)18-5-3-4-7-22-18/h3-8,13,15H,9-12,14H2,1-2H3,(H,21,23). The van der Waals surface area contributed by atoms with Gasteiger partial charge in [-0.1, -0.05) is 6.07 Å². The molecule has 1 aliphatic heterocycles. The zero-order chi connectivity index (χ0) is 18.6. The largest absolute Gasteiger partial charge is 0.353 e. The first kappa shape index (κ1) is 17.3. The van der Waals surface area contributed by atoms with Crippen molar-refractivity contribution in [3.63, 3.8) is 0 Å². The van der Waals surface area contributed by atoms with Crippen LogP contribution < -0.4 is 10.2 Å². The minimum atomic E-state index is 0.661. The first-order chi connectivity index (χ1) is 13.2. The molecule has 7 heteroatoms. The maximum absolute atomic E-state index is 4.69. The number of fused-ring (bicyclic) bond motifs is 1. The van der Waals surface area contributed by atoms with Crippen molar-refractivity contribution < 1.29 is 0 Å². The van der Waals surface area contributed by atoms with Crippen molar-refractivity contribution in [1.29, 1.82) is 0 Å². The van der Waals surface area contributed by atoms with Gasteiger partial charge in [0.15, 0.2) is 5.96 Å². The lowest BCUT2D eigenvalue weighted by Gasteiger charge is -2.37. The van der Waals surface area contributed by atoms with Crippen LogP contribution in [0.5, 0.6) is 0 Å². The minimum Gasteiger partial charge on any atom is -0.353 e. The van der Waals surface area contributed by atoms with Gasteiger partial charge in [0, 0.05) is 51.8 Å². The Labute approximate surface area is 159 Å². The second-order valence-electron chi connectivity index (χ2n) is 6.76. The van der Waals surface area contributed by atoms with Crippen molar-refractivity contribution in [2.75, 3.05) is 38.1 Å². The minimum absolute atomic E-state index is 0.661. The average molecular weight is 363 g/mol. The van der Waals surface area contributed by atoms with Gasteiger partial charge in [-0.15, -0.1) is 0 Å². The maximum Gasteiger partial charge on any atom is 0.194 e. The van der Waals surface area contributed by atoms with Gasteiger partial charge in [0.2, 0.25) is 0 Å². The molecule has 0 aliphatic carbocycles. The molecule has 0 aromatic carbocycles. The Hall–Kier alpha value is -3.09. The summed E-state index contributed by atoms with van der Waals surface area (Å²) < 4.78 is 2.05. The van der Waals surface area contributed by atoms with Crippen LogP contribution in [-0.4, -0.2) is 58.5 Å². The molecule has 1 fully saturated rings. The zero-order valence-electron chi connectivity index (χ0n) is 15.8. The number of aryl methyl sites for hydroxylation is 1. The predicted octanol–water partition coefficient (Wildman–Crippen LogP) is 1.94. The van der Waals surface area contributed by atoms with E-state index in [0.717, 1.165) is 49.3 Å². The molecule has 0 saturated carbocycles. The molecule has 3 aromatic heterocycles. The Bertz CT molecular complexity index is 924. The fourth-order valence-electron chi connectivity index (χ4n) is 3.41. The van der Waals surface area contributed by atoms with Crippen LogP contribution in [0.3, 0.4) is 0 Å². The topological polar surface area (TPSA) is 61.1 Å². The van der Waals surface area contributed by atoms with E-state index in [9.17, 15) is 0 Å². The molecule has 1 aliphatic rings. The number of pyridine rings is 2. The zero-order valence-corrected chi connectivity index (χ0v) is 15.8. The van der Waals surface area contributed by atoms with E-state index < -0.39 is 0 Å². The fourth-order valence-corrected chi connectivity index (χ4v) is 3.41. The Morgan fingerprint density at radius 1 is 1.19 bits per heavy atom. The Kier molecular flexibility index (Phi) is 4.91. The van der Waals surface area contributed by atoms with Crippen molar-refractivity contribution >= 4 is 17.4 Å². The lowest BCUT2D eigenvalue weighted by atomic mass is 10.3. The van der Waals surface area contributed by atoms with Crippen molar-refractivity contribution in [2.45, 2.75) is 13.5 Å². The average Bonchev–Trinajstić information content (AvgIpc) is 3.11. The highest BCUT2D eigenvalue weighted by molar-refractivity contribution is 5.80. The van der Waals surface area contributed by atoms with E-state index >= 15 is 0 Å². The number of anilines is 1. The van der Waals surface area contributed by atoms with Gasteiger partial charge in [-0.05, 0) is 36.8 Å². The normalized spacial score (nSPS) is 15.4. The lowest BCUT2D eigenvalue weighted by molar-refractivity contribution is 0.371. The van der Waals surface area contributed by atoms with Crippen molar-refractivity contribution in [2.24, 2.45) is 4.99 Å². The molecule has 4 rings (SSSR count). The highest BCUT2D eigenvalue weighted by atomic mass is 15.4. The molecular formula is C20H25N7. The Balaban J connectivity index is 1.35. The molecule has 0 atom stereocenters. The van der Waals surface area contributed by atoms with E-state index in [4.69, 9.17) is 0 Å². The van der Waals surface area contributed by atoms with Crippen LogP contribution in [0.25, 0.3) is 5.65 Å². The summed E-state index contributed by atoms with van der Waals surface area (Å²) in [6.45, 7) is 6.45. The molecule has 1 N–H and O–H groups in total. The second-order valence-corrected chi connectivity index (χ2v) is 6.76. The van der Waals surface area contributed by atoms with Gasteiger partial charge in [0.05, 0.1) is 12.2 Å². The number of imidazole rings is 1. The number of hydrogen-bond acceptors (Lipinski definition) is 4. The third kappa shape index (κ3) is 3.86. The summed E-state index contributed by atoms with van der Waals surface area (Å²) in [5, 5.41) is 3.45. The SMILES string of the molecule is CN=C(NCc1cn2ccc(C)cc2n1)N1CCN(c2ccccn2)CC1. The quantitative estimate of drug-likeness (QED) is 0.569. The van der Waals surface area contributed by atoms with E-state index in [0.29, 0.717) is 6.54 Å². The summed E-state index contributed by atoms with van der Waals surface area (Å²) in [7, 11) is 1.83. The number of rotatable bonds is 3. The number of nitrogens with zero attached hydrogens (tertiary/aromatic N) is 6. The lowest BCUT2D eigenvalue weighted by Crippen LogP contribution is -2.52. The van der Waals surface area contributed by atoms with Crippen LogP contribution in [0.1, 0.15) is 11.3 Å². The highest BCUT2D eigenvalue weighted by Gasteiger charge is 2.20. The summed E-state index contributed by atoms with van der Waals surface area (Å²) in [6, 6.07) is 10.2. The molecule has 0 radical (unpaired) electrons. The van der Waals surface area contributed by atoms with E-state index in [1.54, 1.807) is 0 Å². The summed E-state index contributed by atoms with van der Waals surface area (Å²) in [5.74, 6) is 1.96. The number of aromatic nitrogens is 3. The van der Waals surface area contributed by atoms with E-state index in [1.807, 2.05) is 31.6 Å². The van der Waals surface area contributed by atoms with Crippen LogP contribution in [-0.2, 0) is 6.54 Å². The van der Waals surface area contributed by atoms with E-state index in [1.165, 1.54) is 5.56 Å². The van der Waals surface area contributed by atoms with Crippen LogP contribution in [0.2, 0.25) is 0 Å². The van der Waals surface area contributed by atoms with Crippen LogP contribution in [0, 0.1) is 6.92 Å². The van der Waals surface area contributed by atoms with Gasteiger partial charge < -0.3 is 19.5 Å². The van der Waals surface area contributed by atoms with Crippen molar-refractivity contribution in [3.8, 4) is 0 Å². The van der Waals surface area contributed by atoms with Crippen molar-refractivity contribution in [3.05, 3.63) is 60.2 Å². The van der Waals surface area contributed by atoms with Crippen LogP contribution in [0.15, 0.2) is 53.9 Å². The van der Waals surface area contributed by atoms with Gasteiger partial charge in [-0.2, -0.15) is 0 Å². The monoisotopic (exact) mass is 363 g/mol. The third-order valence-corrected chi connectivity index (χ3v) is 4.86. The molecule has 0 spiro atoms. The van der Waals surface area contributed by atoms with Crippen molar-refractivity contribution in [1.82, 2.24) is 24.6 Å². The van der Waals surface area contributed by atoms with Gasteiger partial charge >= 0.3 is 0 Å². The molecule has 27 heavy (non-hydrogen) atoms. The fraction of sp³-hybridized carbons (Fsp3) is 0.350. The van der Waals surface area contributed by atoms with Crippen LogP contribution >= 0.6 is 0 Å². The molecule has 1 saturated heterocycles. The van der Waals surface area contributed by atoms with Gasteiger partial charge in [-0.3, -0.25) is 4.99 Å². The van der Waals surface area contributed by atoms with Gasteiger partial charge in [0.25, 0.3) is 0 Å². The van der Waals surface area contributed by atoms with Gasteiger partial charge in [0.1, 0.15) is 11.5 Å². The Morgan fingerprint density at radius 3 is 2.78 bits per heavy atom. The molecule has 7 nitrogen and oxygen atoms in total. The molecular weight excluding hydrogens is 338 g/mol. The Morgan fingerprint density at radius 2 is 2.04 bits per heavy atom. The first-order valence-electron chi connectivity index (χ1n) is 9.29. The summed E-state index contributed by atoms with van der Waals surface area (Å²) in [6.07, 6.45) is 5.96. The van der Waals surface area contributed by atoms with Crippen LogP contribution in [0.4, 0.5) is 5.82 Å². The van der Waals surface area contributed by atoms with E-state index in [-0.39, 0.29) is 0 Å². The molecule has 0 bridgehead atoms. The van der Waals surface area contributed by atoms with Gasteiger partial charge in [-0.25, -0.2) is 9.97 Å². The molecule has 0 amide bonds. The number of hydrogen-bond donors (Lipinski definition) is 1. The summed E-state index contributed by atoms with van der Waals surface area (Å²) >= 11 is 0. The summed E-state index contributed by atoms with van der Waals surface area (Å²) in [5.41, 5.74) is 3.20. The smallest absolute Gasteiger partial charge is 0.194 e.